The van der Waals surface area contributed by atoms with Crippen molar-refractivity contribution >= 4 is 27.5 Å². The van der Waals surface area contributed by atoms with Gasteiger partial charge in [0.15, 0.2) is 0 Å². The molecule has 2 nitrogen and oxygen atoms in total. The van der Waals surface area contributed by atoms with E-state index in [1.807, 2.05) is 31.2 Å². The first-order chi connectivity index (χ1) is 9.47. The number of benzene rings is 1. The van der Waals surface area contributed by atoms with Crippen molar-refractivity contribution in [3.8, 4) is 5.75 Å². The van der Waals surface area contributed by atoms with E-state index in [0.717, 1.165) is 32.1 Å². The fourth-order valence-corrected chi connectivity index (χ4v) is 2.58. The fourth-order valence-electron chi connectivity index (χ4n) is 1.91. The summed E-state index contributed by atoms with van der Waals surface area (Å²) >= 11 is 9.63. The van der Waals surface area contributed by atoms with E-state index in [4.69, 9.17) is 16.3 Å². The van der Waals surface area contributed by atoms with Gasteiger partial charge in [-0.15, -0.1) is 0 Å². The zero-order valence-electron chi connectivity index (χ0n) is 11.8. The summed E-state index contributed by atoms with van der Waals surface area (Å²) in [5.41, 5.74) is 3.04. The van der Waals surface area contributed by atoms with E-state index in [-0.39, 0.29) is 0 Å². The Kier molecular flexibility index (Phi) is 5.06. The Morgan fingerprint density at radius 1 is 1.30 bits per heavy atom. The van der Waals surface area contributed by atoms with Crippen molar-refractivity contribution in [1.29, 1.82) is 0 Å². The second kappa shape index (κ2) is 6.59. The third kappa shape index (κ3) is 3.74. The molecule has 0 N–H and O–H groups in total. The van der Waals surface area contributed by atoms with E-state index in [0.29, 0.717) is 12.5 Å². The quantitative estimate of drug-likeness (QED) is 0.722. The zero-order valence-corrected chi connectivity index (χ0v) is 14.1. The molecule has 0 fully saturated rings. The lowest BCUT2D eigenvalue weighted by Gasteiger charge is -2.14. The molecule has 0 aliphatic heterocycles. The predicted octanol–water partition coefficient (Wildman–Crippen LogP) is 5.51. The Morgan fingerprint density at radius 2 is 2.05 bits per heavy atom. The van der Waals surface area contributed by atoms with Gasteiger partial charge in [-0.1, -0.05) is 25.4 Å². The number of nitrogens with zero attached hydrogens (tertiary/aromatic N) is 1. The largest absolute Gasteiger partial charge is 0.487 e. The van der Waals surface area contributed by atoms with Crippen molar-refractivity contribution in [1.82, 2.24) is 4.98 Å². The van der Waals surface area contributed by atoms with Gasteiger partial charge in [0.25, 0.3) is 0 Å². The normalized spacial score (nSPS) is 10.9. The number of aromatic nitrogens is 1. The molecule has 106 valence electrons. The van der Waals surface area contributed by atoms with E-state index < -0.39 is 0 Å². The lowest BCUT2D eigenvalue weighted by Crippen LogP contribution is -2.01. The van der Waals surface area contributed by atoms with Crippen LogP contribution in [0, 0.1) is 6.92 Å². The molecule has 0 saturated heterocycles. The molecule has 0 spiro atoms. The standard InChI is InChI=1S/C16H17BrClNO/c1-10(2)14-7-16(11(3)6-15(14)18)20-9-13-5-4-12(17)8-19-13/h4-8,10H,9H2,1-3H3. The van der Waals surface area contributed by atoms with E-state index in [2.05, 4.69) is 34.8 Å². The second-order valence-electron chi connectivity index (χ2n) is 5.05. The Hall–Kier alpha value is -1.06. The number of pyridine rings is 1. The fraction of sp³-hybridized carbons (Fsp3) is 0.312. The number of hydrogen-bond acceptors (Lipinski definition) is 2. The molecule has 1 aromatic heterocycles. The number of rotatable bonds is 4. The SMILES string of the molecule is Cc1cc(Cl)c(C(C)C)cc1OCc1ccc(Br)cn1. The molecule has 2 rings (SSSR count). The summed E-state index contributed by atoms with van der Waals surface area (Å²) in [6, 6.07) is 7.89. The van der Waals surface area contributed by atoms with Crippen LogP contribution >= 0.6 is 27.5 Å². The highest BCUT2D eigenvalue weighted by Gasteiger charge is 2.10. The van der Waals surface area contributed by atoms with Crippen LogP contribution in [-0.4, -0.2) is 4.98 Å². The molecule has 2 aromatic rings. The van der Waals surface area contributed by atoms with E-state index in [9.17, 15) is 0 Å². The Bertz CT molecular complexity index is 596. The minimum absolute atomic E-state index is 0.372. The first-order valence-electron chi connectivity index (χ1n) is 6.50. The van der Waals surface area contributed by atoms with Crippen LogP contribution in [0.2, 0.25) is 5.02 Å². The van der Waals surface area contributed by atoms with Crippen LogP contribution in [0.3, 0.4) is 0 Å². The van der Waals surface area contributed by atoms with Gasteiger partial charge < -0.3 is 4.74 Å². The Balaban J connectivity index is 2.16. The van der Waals surface area contributed by atoms with Crippen LogP contribution in [0.15, 0.2) is 34.9 Å². The van der Waals surface area contributed by atoms with Gasteiger partial charge in [-0.2, -0.15) is 0 Å². The van der Waals surface area contributed by atoms with Crippen LogP contribution in [-0.2, 0) is 6.61 Å². The highest BCUT2D eigenvalue weighted by atomic mass is 79.9. The van der Waals surface area contributed by atoms with Crippen LogP contribution in [0.1, 0.15) is 36.6 Å². The van der Waals surface area contributed by atoms with Gasteiger partial charge in [0.05, 0.1) is 5.69 Å². The smallest absolute Gasteiger partial charge is 0.130 e. The minimum atomic E-state index is 0.372. The maximum absolute atomic E-state index is 6.26. The molecule has 0 aliphatic rings. The third-order valence-corrected chi connectivity index (χ3v) is 3.88. The molecule has 0 radical (unpaired) electrons. The minimum Gasteiger partial charge on any atom is -0.487 e. The summed E-state index contributed by atoms with van der Waals surface area (Å²) in [6.07, 6.45) is 1.77. The predicted molar refractivity (Wildman–Crippen MR) is 86.5 cm³/mol. The molecule has 20 heavy (non-hydrogen) atoms. The molecule has 4 heteroatoms. The van der Waals surface area contributed by atoms with Crippen LogP contribution in [0.5, 0.6) is 5.75 Å². The topological polar surface area (TPSA) is 22.1 Å². The second-order valence-corrected chi connectivity index (χ2v) is 6.37. The van der Waals surface area contributed by atoms with Crippen LogP contribution < -0.4 is 4.74 Å². The summed E-state index contributed by atoms with van der Waals surface area (Å²) in [7, 11) is 0. The molecule has 0 amide bonds. The maximum Gasteiger partial charge on any atom is 0.130 e. The van der Waals surface area contributed by atoms with Gasteiger partial charge in [0.1, 0.15) is 12.4 Å². The third-order valence-electron chi connectivity index (χ3n) is 3.08. The first kappa shape index (κ1) is 15.3. The van der Waals surface area contributed by atoms with Gasteiger partial charge in [-0.25, -0.2) is 0 Å². The molecule has 1 heterocycles. The van der Waals surface area contributed by atoms with Gasteiger partial charge in [-0.05, 0) is 64.2 Å². The molecule has 1 aromatic carbocycles. The zero-order chi connectivity index (χ0) is 14.7. The monoisotopic (exact) mass is 353 g/mol. The molecule has 0 saturated carbocycles. The summed E-state index contributed by atoms with van der Waals surface area (Å²) in [4.78, 5) is 4.30. The lowest BCUT2D eigenvalue weighted by molar-refractivity contribution is 0.299. The molecule has 0 unspecified atom stereocenters. The van der Waals surface area contributed by atoms with Crippen molar-refractivity contribution in [3.05, 3.63) is 56.8 Å². The highest BCUT2D eigenvalue weighted by molar-refractivity contribution is 9.10. The average molecular weight is 355 g/mol. The number of aryl methyl sites for hydroxylation is 1. The van der Waals surface area contributed by atoms with E-state index in [1.54, 1.807) is 6.20 Å². The summed E-state index contributed by atoms with van der Waals surface area (Å²) in [5.74, 6) is 1.24. The van der Waals surface area contributed by atoms with Crippen molar-refractivity contribution in [2.45, 2.75) is 33.3 Å². The molecule has 0 atom stereocenters. The average Bonchev–Trinajstić information content (AvgIpc) is 2.39. The molecular formula is C16H17BrClNO. The first-order valence-corrected chi connectivity index (χ1v) is 7.67. The van der Waals surface area contributed by atoms with Crippen LogP contribution in [0.4, 0.5) is 0 Å². The van der Waals surface area contributed by atoms with Gasteiger partial charge >= 0.3 is 0 Å². The summed E-state index contributed by atoms with van der Waals surface area (Å²) in [5, 5.41) is 0.798. The molecule has 0 aliphatic carbocycles. The van der Waals surface area contributed by atoms with E-state index >= 15 is 0 Å². The lowest BCUT2D eigenvalue weighted by atomic mass is 10.0. The van der Waals surface area contributed by atoms with Crippen molar-refractivity contribution in [2.24, 2.45) is 0 Å². The number of hydrogen-bond donors (Lipinski definition) is 0. The van der Waals surface area contributed by atoms with Crippen molar-refractivity contribution in [3.63, 3.8) is 0 Å². The molecular weight excluding hydrogens is 338 g/mol. The van der Waals surface area contributed by atoms with E-state index in [1.165, 1.54) is 0 Å². The number of halogens is 2. The highest BCUT2D eigenvalue weighted by Crippen LogP contribution is 2.31. The molecule has 0 bridgehead atoms. The van der Waals surface area contributed by atoms with Crippen LogP contribution in [0.25, 0.3) is 0 Å². The van der Waals surface area contributed by atoms with Gasteiger partial charge in [-0.3, -0.25) is 4.98 Å². The Morgan fingerprint density at radius 3 is 2.65 bits per heavy atom. The van der Waals surface area contributed by atoms with Crippen molar-refractivity contribution < 1.29 is 4.74 Å². The Labute approximate surface area is 133 Å². The van der Waals surface area contributed by atoms with Crippen molar-refractivity contribution in [2.75, 3.05) is 0 Å². The van der Waals surface area contributed by atoms with Gasteiger partial charge in [0.2, 0.25) is 0 Å². The van der Waals surface area contributed by atoms with Gasteiger partial charge in [0, 0.05) is 15.7 Å². The number of ether oxygens (including phenoxy) is 1. The summed E-state index contributed by atoms with van der Waals surface area (Å²) < 4.78 is 6.84. The maximum atomic E-state index is 6.26. The summed E-state index contributed by atoms with van der Waals surface area (Å²) in [6.45, 7) is 6.70.